The van der Waals surface area contributed by atoms with Crippen molar-refractivity contribution >= 4 is 8.80 Å². The zero-order valence-electron chi connectivity index (χ0n) is 11.4. The summed E-state index contributed by atoms with van der Waals surface area (Å²) in [6.45, 7) is 12.2. The summed E-state index contributed by atoms with van der Waals surface area (Å²) in [6.07, 6.45) is 0.966. The van der Waals surface area contributed by atoms with Gasteiger partial charge in [0.05, 0.1) is 6.54 Å². The van der Waals surface area contributed by atoms with Crippen LogP contribution in [-0.4, -0.2) is 61.2 Å². The van der Waals surface area contributed by atoms with E-state index in [1.165, 1.54) is 0 Å². The van der Waals surface area contributed by atoms with Gasteiger partial charge >= 0.3 is 8.80 Å². The van der Waals surface area contributed by atoms with E-state index in [1.54, 1.807) is 21.3 Å². The molecule has 0 heterocycles. The van der Waals surface area contributed by atoms with Crippen molar-refractivity contribution in [3.63, 3.8) is 0 Å². The Morgan fingerprint density at radius 2 is 1.71 bits per heavy atom. The molecule has 6 heteroatoms. The van der Waals surface area contributed by atoms with Gasteiger partial charge in [-0.3, -0.25) is 4.90 Å². The first-order valence-electron chi connectivity index (χ1n) is 5.89. The quantitative estimate of drug-likeness (QED) is 0.440. The Morgan fingerprint density at radius 3 is 2.12 bits per heavy atom. The fraction of sp³-hybridized carbons (Fsp3) is 0.909. The molecule has 0 saturated carbocycles. The maximum Gasteiger partial charge on any atom is 0.500 e. The standard InChI is InChI=1S/C11H24N2O3Si/c1-6-13(10-8-12-2)9-7-11-17(14-3,15-4)16-5/h6-11H2,1,3-5H3. The largest absolute Gasteiger partial charge is 0.500 e. The first-order chi connectivity index (χ1) is 8.17. The van der Waals surface area contributed by atoms with E-state index in [2.05, 4.69) is 16.7 Å². The number of nitrogens with zero attached hydrogens (tertiary/aromatic N) is 2. The Hall–Kier alpha value is -0.453. The fourth-order valence-electron chi connectivity index (χ4n) is 1.69. The van der Waals surface area contributed by atoms with E-state index in [1.807, 2.05) is 0 Å². The number of hydrogen-bond acceptors (Lipinski definition) is 4. The van der Waals surface area contributed by atoms with E-state index in [9.17, 15) is 0 Å². The van der Waals surface area contributed by atoms with Gasteiger partial charge in [-0.05, 0) is 19.5 Å². The second kappa shape index (κ2) is 9.56. The highest BCUT2D eigenvalue weighted by Gasteiger charge is 2.36. The molecule has 0 atom stereocenters. The molecule has 0 unspecified atom stereocenters. The van der Waals surface area contributed by atoms with Crippen LogP contribution in [0.1, 0.15) is 13.3 Å². The van der Waals surface area contributed by atoms with Crippen LogP contribution in [0.25, 0.3) is 4.85 Å². The SMILES string of the molecule is [C-]#[N+]CCN(CC)CCC[Si](OC)(OC)OC. The molecule has 5 nitrogen and oxygen atoms in total. The zero-order valence-corrected chi connectivity index (χ0v) is 12.4. The predicted octanol–water partition coefficient (Wildman–Crippen LogP) is 1.50. The van der Waals surface area contributed by atoms with Gasteiger partial charge in [0.25, 0.3) is 0 Å². The molecule has 0 aromatic heterocycles. The minimum atomic E-state index is -2.42. The van der Waals surface area contributed by atoms with Crippen LogP contribution in [0.3, 0.4) is 0 Å². The van der Waals surface area contributed by atoms with E-state index in [0.29, 0.717) is 6.54 Å². The highest BCUT2D eigenvalue weighted by molar-refractivity contribution is 6.60. The lowest BCUT2D eigenvalue weighted by Gasteiger charge is -2.25. The van der Waals surface area contributed by atoms with Crippen molar-refractivity contribution in [3.8, 4) is 0 Å². The molecule has 0 rings (SSSR count). The molecular weight excluding hydrogens is 236 g/mol. The zero-order chi connectivity index (χ0) is 13.1. The van der Waals surface area contributed by atoms with Crippen LogP contribution in [-0.2, 0) is 13.3 Å². The van der Waals surface area contributed by atoms with Crippen LogP contribution in [0.5, 0.6) is 0 Å². The average molecular weight is 260 g/mol. The minimum absolute atomic E-state index is 0.565. The van der Waals surface area contributed by atoms with E-state index >= 15 is 0 Å². The summed E-state index contributed by atoms with van der Waals surface area (Å²) in [7, 11) is 2.49. The molecule has 0 amide bonds. The summed E-state index contributed by atoms with van der Waals surface area (Å²) in [5, 5.41) is 0. The van der Waals surface area contributed by atoms with Crippen molar-refractivity contribution in [1.29, 1.82) is 0 Å². The molecule has 0 fully saturated rings. The van der Waals surface area contributed by atoms with Crippen molar-refractivity contribution in [2.24, 2.45) is 0 Å². The predicted molar refractivity (Wildman–Crippen MR) is 69.8 cm³/mol. The lowest BCUT2D eigenvalue weighted by molar-refractivity contribution is 0.121. The Bertz CT molecular complexity index is 221. The van der Waals surface area contributed by atoms with E-state index in [0.717, 1.165) is 32.1 Å². The third kappa shape index (κ3) is 6.15. The summed E-state index contributed by atoms with van der Waals surface area (Å²) >= 11 is 0. The first kappa shape index (κ1) is 16.5. The molecule has 17 heavy (non-hydrogen) atoms. The topological polar surface area (TPSA) is 35.3 Å². The number of rotatable bonds is 10. The number of hydrogen-bond donors (Lipinski definition) is 0. The van der Waals surface area contributed by atoms with E-state index in [4.69, 9.17) is 19.9 Å². The van der Waals surface area contributed by atoms with Crippen LogP contribution in [0, 0.1) is 6.57 Å². The normalized spacial score (nSPS) is 11.8. The average Bonchev–Trinajstić information content (AvgIpc) is 2.39. The summed E-state index contributed by atoms with van der Waals surface area (Å²) in [5.74, 6) is 0. The fourth-order valence-corrected chi connectivity index (χ4v) is 3.40. The van der Waals surface area contributed by atoms with Gasteiger partial charge in [0, 0.05) is 27.4 Å². The van der Waals surface area contributed by atoms with Crippen LogP contribution >= 0.6 is 0 Å². The summed E-state index contributed by atoms with van der Waals surface area (Å²) in [4.78, 5) is 5.63. The van der Waals surface area contributed by atoms with Gasteiger partial charge in [-0.2, -0.15) is 0 Å². The lowest BCUT2D eigenvalue weighted by atomic mass is 10.4. The Kier molecular flexibility index (Phi) is 9.31. The second-order valence-corrected chi connectivity index (χ2v) is 6.81. The summed E-state index contributed by atoms with van der Waals surface area (Å²) in [6, 6.07) is 0.811. The third-order valence-corrected chi connectivity index (χ3v) is 5.70. The molecule has 0 spiro atoms. The first-order valence-corrected chi connectivity index (χ1v) is 7.82. The molecule has 0 N–H and O–H groups in total. The van der Waals surface area contributed by atoms with Gasteiger partial charge in [-0.25, -0.2) is 6.57 Å². The number of likely N-dealkylation sites (N-methyl/N-ethyl adjacent to an activating group) is 1. The van der Waals surface area contributed by atoms with Crippen molar-refractivity contribution in [1.82, 2.24) is 4.90 Å². The molecular formula is C11H24N2O3Si. The molecule has 0 radical (unpaired) electrons. The van der Waals surface area contributed by atoms with Crippen LogP contribution in [0.2, 0.25) is 6.04 Å². The Balaban J connectivity index is 3.97. The van der Waals surface area contributed by atoms with E-state index in [-0.39, 0.29) is 0 Å². The maximum atomic E-state index is 6.78. The highest BCUT2D eigenvalue weighted by Crippen LogP contribution is 2.15. The Morgan fingerprint density at radius 1 is 1.12 bits per heavy atom. The lowest BCUT2D eigenvalue weighted by Crippen LogP contribution is -2.43. The van der Waals surface area contributed by atoms with Crippen molar-refractivity contribution < 1.29 is 13.3 Å². The summed E-state index contributed by atoms with van der Waals surface area (Å²) < 4.78 is 16.1. The van der Waals surface area contributed by atoms with Gasteiger partial charge in [0.15, 0.2) is 0 Å². The minimum Gasteiger partial charge on any atom is -0.377 e. The molecule has 0 bridgehead atoms. The molecule has 100 valence electrons. The monoisotopic (exact) mass is 260 g/mol. The van der Waals surface area contributed by atoms with Crippen LogP contribution in [0.15, 0.2) is 0 Å². The van der Waals surface area contributed by atoms with Gasteiger partial charge in [0.1, 0.15) is 0 Å². The highest BCUT2D eigenvalue weighted by atomic mass is 28.4. The van der Waals surface area contributed by atoms with E-state index < -0.39 is 8.80 Å². The maximum absolute atomic E-state index is 6.78. The molecule has 0 aliphatic heterocycles. The van der Waals surface area contributed by atoms with Crippen LogP contribution in [0.4, 0.5) is 0 Å². The van der Waals surface area contributed by atoms with Crippen molar-refractivity contribution in [2.45, 2.75) is 19.4 Å². The smallest absolute Gasteiger partial charge is 0.377 e. The molecule has 0 saturated heterocycles. The summed E-state index contributed by atoms with van der Waals surface area (Å²) in [5.41, 5.74) is 0. The molecule has 0 aliphatic carbocycles. The van der Waals surface area contributed by atoms with Crippen LogP contribution < -0.4 is 0 Å². The molecule has 0 aliphatic rings. The van der Waals surface area contributed by atoms with Gasteiger partial charge in [-0.1, -0.05) is 6.92 Å². The molecule has 0 aromatic rings. The van der Waals surface area contributed by atoms with Gasteiger partial charge < -0.3 is 18.1 Å². The third-order valence-electron chi connectivity index (χ3n) is 2.87. The Labute approximate surface area is 106 Å². The van der Waals surface area contributed by atoms with Crippen molar-refractivity contribution in [3.05, 3.63) is 11.4 Å². The van der Waals surface area contributed by atoms with Gasteiger partial charge in [0.2, 0.25) is 6.54 Å². The van der Waals surface area contributed by atoms with Crippen molar-refractivity contribution in [2.75, 3.05) is 47.5 Å². The second-order valence-electron chi connectivity index (χ2n) is 3.71. The van der Waals surface area contributed by atoms with Gasteiger partial charge in [-0.15, -0.1) is 0 Å². The molecule has 0 aromatic carbocycles.